The average molecular weight is 159 g/mol. The predicted octanol–water partition coefficient (Wildman–Crippen LogP) is -0.878. The summed E-state index contributed by atoms with van der Waals surface area (Å²) in [5, 5.41) is 9.88. The molecule has 64 valence electrons. The normalized spacial score (nSPS) is 9.55. The highest BCUT2D eigenvalue weighted by molar-refractivity contribution is 5.93. The molecule has 0 saturated carbocycles. The molecule has 0 atom stereocenters. The Balaban J connectivity index is 3.30. The summed E-state index contributed by atoms with van der Waals surface area (Å²) >= 11 is 0. The molecule has 11 heavy (non-hydrogen) atoms. The van der Waals surface area contributed by atoms with Gasteiger partial charge in [0.15, 0.2) is 0 Å². The van der Waals surface area contributed by atoms with Crippen LogP contribution in [0.15, 0.2) is 0 Å². The van der Waals surface area contributed by atoms with Crippen molar-refractivity contribution in [3.63, 3.8) is 0 Å². The lowest BCUT2D eigenvalue weighted by Crippen LogP contribution is -2.25. The molecule has 4 heteroatoms. The summed E-state index contributed by atoms with van der Waals surface area (Å²) in [5.74, 6) is -1.62. The molecule has 0 rings (SSSR count). The van der Waals surface area contributed by atoms with E-state index in [1.165, 1.54) is 7.11 Å². The van der Waals surface area contributed by atoms with Gasteiger partial charge < -0.3 is 14.6 Å². The van der Waals surface area contributed by atoms with E-state index in [9.17, 15) is 14.7 Å². The first-order valence-corrected chi connectivity index (χ1v) is 3.37. The van der Waals surface area contributed by atoms with Crippen molar-refractivity contribution >= 4 is 11.8 Å². The van der Waals surface area contributed by atoms with Gasteiger partial charge in [-0.15, -0.1) is 0 Å². The Morgan fingerprint density at radius 1 is 1.45 bits per heavy atom. The Labute approximate surface area is 65.2 Å². The molecule has 4 nitrogen and oxygen atoms in total. The van der Waals surface area contributed by atoms with E-state index in [1.54, 1.807) is 0 Å². The third-order valence-electron chi connectivity index (χ3n) is 1.15. The Morgan fingerprint density at radius 3 is 2.55 bits per heavy atom. The van der Waals surface area contributed by atoms with E-state index in [4.69, 9.17) is 0 Å². The van der Waals surface area contributed by atoms with Gasteiger partial charge in [-0.1, -0.05) is 0 Å². The molecule has 0 saturated heterocycles. The second-order valence-corrected chi connectivity index (χ2v) is 2.18. The molecule has 0 aliphatic carbocycles. The van der Waals surface area contributed by atoms with Gasteiger partial charge in [-0.3, -0.25) is 4.79 Å². The van der Waals surface area contributed by atoms with Crippen LogP contribution in [0.2, 0.25) is 0 Å². The molecule has 0 aliphatic rings. The zero-order valence-corrected chi connectivity index (χ0v) is 6.46. The summed E-state index contributed by atoms with van der Waals surface area (Å²) in [4.78, 5) is 20.5. The first kappa shape index (κ1) is 10.1. The minimum Gasteiger partial charge on any atom is -0.550 e. The summed E-state index contributed by atoms with van der Waals surface area (Å²) in [6.45, 7) is 0.485. The van der Waals surface area contributed by atoms with E-state index >= 15 is 0 Å². The maximum atomic E-state index is 10.7. The van der Waals surface area contributed by atoms with Crippen molar-refractivity contribution in [2.75, 3.05) is 13.7 Å². The number of aliphatic carboxylic acids is 1. The number of ketones is 1. The van der Waals surface area contributed by atoms with Gasteiger partial charge in [-0.05, 0) is 6.42 Å². The topological polar surface area (TPSA) is 66.4 Å². The Kier molecular flexibility index (Phi) is 5.37. The van der Waals surface area contributed by atoms with Crippen molar-refractivity contribution < 1.29 is 19.4 Å². The van der Waals surface area contributed by atoms with E-state index < -0.39 is 12.4 Å². The zero-order chi connectivity index (χ0) is 8.69. The molecular weight excluding hydrogens is 148 g/mol. The fourth-order valence-corrected chi connectivity index (χ4v) is 0.663. The van der Waals surface area contributed by atoms with Gasteiger partial charge in [0.05, 0.1) is 0 Å². The van der Waals surface area contributed by atoms with Gasteiger partial charge in [0, 0.05) is 32.5 Å². The molecule has 0 bridgehead atoms. The van der Waals surface area contributed by atoms with E-state index in [0.29, 0.717) is 13.0 Å². The number of carboxylic acid groups (broad SMARTS) is 1. The lowest BCUT2D eigenvalue weighted by Gasteiger charge is -2.00. The molecule has 0 N–H and O–H groups in total. The van der Waals surface area contributed by atoms with Crippen LogP contribution in [0.1, 0.15) is 19.3 Å². The number of Topliss-reactive ketones (excluding diaryl/α,β-unsaturated/α-hetero) is 1. The highest BCUT2D eigenvalue weighted by Gasteiger charge is 2.00. The molecule has 0 radical (unpaired) electrons. The maximum absolute atomic E-state index is 10.7. The summed E-state index contributed by atoms with van der Waals surface area (Å²) < 4.78 is 4.68. The molecular formula is C7H11O4-. The summed E-state index contributed by atoms with van der Waals surface area (Å²) in [6, 6.07) is 0. The van der Waals surface area contributed by atoms with Crippen molar-refractivity contribution in [1.29, 1.82) is 0 Å². The molecule has 0 aliphatic heterocycles. The minimum absolute atomic E-state index is 0.252. The lowest BCUT2D eigenvalue weighted by molar-refractivity contribution is -0.304. The molecule has 0 aromatic heterocycles. The van der Waals surface area contributed by atoms with Gasteiger partial charge in [0.1, 0.15) is 5.78 Å². The SMILES string of the molecule is COCCCC(=O)CC(=O)[O-]. The third-order valence-corrected chi connectivity index (χ3v) is 1.15. The van der Waals surface area contributed by atoms with Crippen molar-refractivity contribution in [3.05, 3.63) is 0 Å². The first-order valence-electron chi connectivity index (χ1n) is 3.37. The highest BCUT2D eigenvalue weighted by Crippen LogP contribution is 1.94. The highest BCUT2D eigenvalue weighted by atomic mass is 16.5. The first-order chi connectivity index (χ1) is 5.16. The van der Waals surface area contributed by atoms with E-state index in [1.807, 2.05) is 0 Å². The van der Waals surface area contributed by atoms with E-state index in [-0.39, 0.29) is 12.2 Å². The van der Waals surface area contributed by atoms with Gasteiger partial charge in [-0.25, -0.2) is 0 Å². The number of methoxy groups -OCH3 is 1. The van der Waals surface area contributed by atoms with Gasteiger partial charge >= 0.3 is 0 Å². The van der Waals surface area contributed by atoms with Gasteiger partial charge in [0.25, 0.3) is 0 Å². The number of rotatable bonds is 6. The second kappa shape index (κ2) is 5.85. The Morgan fingerprint density at radius 2 is 2.09 bits per heavy atom. The number of carbonyl (C=O) groups excluding carboxylic acids is 2. The number of hydrogen-bond donors (Lipinski definition) is 0. The largest absolute Gasteiger partial charge is 0.550 e. The molecule has 0 amide bonds. The third kappa shape index (κ3) is 6.99. The molecule has 0 heterocycles. The van der Waals surface area contributed by atoms with Crippen molar-refractivity contribution in [3.8, 4) is 0 Å². The minimum atomic E-state index is -1.31. The molecule has 0 fully saturated rings. The fourth-order valence-electron chi connectivity index (χ4n) is 0.663. The Hall–Kier alpha value is -0.900. The molecule has 0 aromatic carbocycles. The Bertz CT molecular complexity index is 141. The van der Waals surface area contributed by atoms with Crippen LogP contribution in [0.25, 0.3) is 0 Å². The number of carbonyl (C=O) groups is 2. The van der Waals surface area contributed by atoms with Gasteiger partial charge in [-0.2, -0.15) is 0 Å². The monoisotopic (exact) mass is 159 g/mol. The van der Waals surface area contributed by atoms with Crippen molar-refractivity contribution in [2.45, 2.75) is 19.3 Å². The smallest absolute Gasteiger partial charge is 0.138 e. The van der Waals surface area contributed by atoms with Crippen LogP contribution in [-0.2, 0) is 14.3 Å². The maximum Gasteiger partial charge on any atom is 0.138 e. The quantitative estimate of drug-likeness (QED) is 0.373. The van der Waals surface area contributed by atoms with Crippen LogP contribution < -0.4 is 5.11 Å². The number of ether oxygens (including phenoxy) is 1. The van der Waals surface area contributed by atoms with Crippen LogP contribution in [0.4, 0.5) is 0 Å². The van der Waals surface area contributed by atoms with Crippen molar-refractivity contribution in [1.82, 2.24) is 0 Å². The van der Waals surface area contributed by atoms with Crippen LogP contribution in [0.5, 0.6) is 0 Å². The number of carboxylic acids is 1. The zero-order valence-electron chi connectivity index (χ0n) is 6.46. The average Bonchev–Trinajstić information content (AvgIpc) is 1.86. The van der Waals surface area contributed by atoms with Crippen LogP contribution in [0, 0.1) is 0 Å². The van der Waals surface area contributed by atoms with Gasteiger partial charge in [0.2, 0.25) is 0 Å². The van der Waals surface area contributed by atoms with Crippen LogP contribution >= 0.6 is 0 Å². The lowest BCUT2D eigenvalue weighted by atomic mass is 10.2. The molecule has 0 spiro atoms. The summed E-state index contributed by atoms with van der Waals surface area (Å²) in [5.41, 5.74) is 0. The second-order valence-electron chi connectivity index (χ2n) is 2.18. The standard InChI is InChI=1S/C7H12O4/c1-11-4-2-3-6(8)5-7(9)10/h2-5H2,1H3,(H,9,10)/p-1. The summed E-state index contributed by atoms with van der Waals surface area (Å²) in [7, 11) is 1.53. The van der Waals surface area contributed by atoms with Crippen LogP contribution in [0.3, 0.4) is 0 Å². The predicted molar refractivity (Wildman–Crippen MR) is 35.7 cm³/mol. The molecule has 0 aromatic rings. The van der Waals surface area contributed by atoms with E-state index in [2.05, 4.69) is 4.74 Å². The molecule has 0 unspecified atom stereocenters. The van der Waals surface area contributed by atoms with Crippen LogP contribution in [-0.4, -0.2) is 25.5 Å². The van der Waals surface area contributed by atoms with Crippen molar-refractivity contribution in [2.24, 2.45) is 0 Å². The fraction of sp³-hybridized carbons (Fsp3) is 0.714. The summed E-state index contributed by atoms with van der Waals surface area (Å²) in [6.07, 6.45) is 0.341. The number of hydrogen-bond acceptors (Lipinski definition) is 4. The van der Waals surface area contributed by atoms with E-state index in [0.717, 1.165) is 0 Å².